The number of hydrogen-bond donors (Lipinski definition) is 0. The second-order valence-electron chi connectivity index (χ2n) is 5.58. The third kappa shape index (κ3) is 4.45. The molecule has 7 heteroatoms. The number of benzene rings is 1. The van der Waals surface area contributed by atoms with E-state index >= 15 is 0 Å². The lowest BCUT2D eigenvalue weighted by molar-refractivity contribution is -0.131. The van der Waals surface area contributed by atoms with E-state index in [2.05, 4.69) is 0 Å². The van der Waals surface area contributed by atoms with Crippen LogP contribution in [0.3, 0.4) is 0 Å². The van der Waals surface area contributed by atoms with Crippen molar-refractivity contribution in [1.29, 1.82) is 0 Å². The Hall–Kier alpha value is -1.60. The summed E-state index contributed by atoms with van der Waals surface area (Å²) >= 11 is 0. The maximum absolute atomic E-state index is 12.4. The largest absolute Gasteiger partial charge is 0.496 e. The van der Waals surface area contributed by atoms with Crippen LogP contribution >= 0.6 is 0 Å². The van der Waals surface area contributed by atoms with Gasteiger partial charge in [0.25, 0.3) is 0 Å². The smallest absolute Gasteiger partial charge is 0.227 e. The van der Waals surface area contributed by atoms with Crippen LogP contribution in [0.4, 0.5) is 0 Å². The number of amides is 1. The molecule has 1 aliphatic rings. The monoisotopic (exact) mass is 340 g/mol. The first kappa shape index (κ1) is 17.7. The summed E-state index contributed by atoms with van der Waals surface area (Å²) in [5.41, 5.74) is 0.848. The number of sulfonamides is 1. The van der Waals surface area contributed by atoms with Gasteiger partial charge in [-0.3, -0.25) is 4.79 Å². The minimum Gasteiger partial charge on any atom is -0.496 e. The molecule has 0 spiro atoms. The van der Waals surface area contributed by atoms with E-state index in [0.29, 0.717) is 38.3 Å². The first-order chi connectivity index (χ1) is 11.0. The Morgan fingerprint density at radius 1 is 1.17 bits per heavy atom. The molecular formula is C16H24N2O4S. The van der Waals surface area contributed by atoms with E-state index in [1.54, 1.807) is 12.0 Å². The van der Waals surface area contributed by atoms with E-state index in [9.17, 15) is 13.2 Å². The van der Waals surface area contributed by atoms with Gasteiger partial charge in [-0.1, -0.05) is 25.1 Å². The van der Waals surface area contributed by atoms with Crippen LogP contribution in [0.1, 0.15) is 18.9 Å². The molecule has 0 N–H and O–H groups in total. The zero-order valence-corrected chi connectivity index (χ0v) is 14.5. The van der Waals surface area contributed by atoms with Gasteiger partial charge in [-0.25, -0.2) is 8.42 Å². The lowest BCUT2D eigenvalue weighted by Gasteiger charge is -2.34. The highest BCUT2D eigenvalue weighted by atomic mass is 32.2. The lowest BCUT2D eigenvalue weighted by atomic mass is 10.1. The number of carbonyl (C=O) groups is 1. The molecule has 1 saturated heterocycles. The van der Waals surface area contributed by atoms with Gasteiger partial charge in [0, 0.05) is 31.7 Å². The summed E-state index contributed by atoms with van der Waals surface area (Å²) in [6, 6.07) is 7.45. The van der Waals surface area contributed by atoms with E-state index < -0.39 is 10.0 Å². The van der Waals surface area contributed by atoms with E-state index in [1.165, 1.54) is 4.31 Å². The van der Waals surface area contributed by atoms with Crippen molar-refractivity contribution in [2.75, 3.05) is 39.0 Å². The molecule has 1 amide bonds. The van der Waals surface area contributed by atoms with Crippen molar-refractivity contribution in [3.63, 3.8) is 0 Å². The molecule has 0 aromatic heterocycles. The summed E-state index contributed by atoms with van der Waals surface area (Å²) in [7, 11) is -1.59. The minimum absolute atomic E-state index is 0.00189. The summed E-state index contributed by atoms with van der Waals surface area (Å²) in [6.45, 7) is 3.48. The Balaban J connectivity index is 1.94. The van der Waals surface area contributed by atoms with Gasteiger partial charge in [0.05, 0.1) is 19.3 Å². The lowest BCUT2D eigenvalue weighted by Crippen LogP contribution is -2.51. The number of carbonyl (C=O) groups excluding carboxylic acids is 1. The summed E-state index contributed by atoms with van der Waals surface area (Å²) < 4.78 is 30.8. The fourth-order valence-electron chi connectivity index (χ4n) is 2.73. The van der Waals surface area contributed by atoms with Gasteiger partial charge in [0.1, 0.15) is 5.75 Å². The average Bonchev–Trinajstić information content (AvgIpc) is 2.55. The molecule has 1 aromatic carbocycles. The molecule has 0 saturated carbocycles. The Morgan fingerprint density at radius 3 is 2.43 bits per heavy atom. The summed E-state index contributed by atoms with van der Waals surface area (Å²) in [6.07, 6.45) is 0.876. The molecule has 23 heavy (non-hydrogen) atoms. The normalized spacial score (nSPS) is 16.3. The second-order valence-corrected chi connectivity index (χ2v) is 7.67. The second kappa shape index (κ2) is 7.79. The molecule has 128 valence electrons. The summed E-state index contributed by atoms with van der Waals surface area (Å²) in [5.74, 6) is 0.870. The van der Waals surface area contributed by atoms with Crippen LogP contribution in [-0.2, 0) is 21.2 Å². The van der Waals surface area contributed by atoms with E-state index in [1.807, 2.05) is 31.2 Å². The number of methoxy groups -OCH3 is 1. The van der Waals surface area contributed by atoms with Crippen LogP contribution in [0.5, 0.6) is 5.75 Å². The van der Waals surface area contributed by atoms with Gasteiger partial charge in [-0.05, 0) is 12.5 Å². The standard InChI is InChI=1S/C16H24N2O4S/c1-3-12-23(20,21)18-10-8-17(9-11-18)16(19)13-14-6-4-5-7-15(14)22-2/h4-7H,3,8-13H2,1-2H3. The molecule has 1 aromatic rings. The Morgan fingerprint density at radius 2 is 1.83 bits per heavy atom. The maximum Gasteiger partial charge on any atom is 0.227 e. The molecule has 1 heterocycles. The fourth-order valence-corrected chi connectivity index (χ4v) is 4.22. The highest BCUT2D eigenvalue weighted by molar-refractivity contribution is 7.89. The van der Waals surface area contributed by atoms with Crippen molar-refractivity contribution in [2.45, 2.75) is 19.8 Å². The number of rotatable bonds is 6. The van der Waals surface area contributed by atoms with E-state index in [0.717, 1.165) is 5.56 Å². The van der Waals surface area contributed by atoms with Crippen LogP contribution in [0.2, 0.25) is 0 Å². The molecule has 2 rings (SSSR count). The predicted molar refractivity (Wildman–Crippen MR) is 88.9 cm³/mol. The summed E-state index contributed by atoms with van der Waals surface area (Å²) in [5, 5.41) is 0. The molecule has 1 fully saturated rings. The van der Waals surface area contributed by atoms with Crippen molar-refractivity contribution < 1.29 is 17.9 Å². The van der Waals surface area contributed by atoms with Gasteiger partial charge >= 0.3 is 0 Å². The molecule has 1 aliphatic heterocycles. The van der Waals surface area contributed by atoms with Crippen molar-refractivity contribution in [3.05, 3.63) is 29.8 Å². The van der Waals surface area contributed by atoms with E-state index in [4.69, 9.17) is 4.74 Å². The zero-order chi connectivity index (χ0) is 16.9. The molecule has 0 radical (unpaired) electrons. The quantitative estimate of drug-likeness (QED) is 0.778. The van der Waals surface area contributed by atoms with Crippen LogP contribution < -0.4 is 4.74 Å². The number of ether oxygens (including phenoxy) is 1. The maximum atomic E-state index is 12.4. The van der Waals surface area contributed by atoms with Crippen LogP contribution in [0, 0.1) is 0 Å². The van der Waals surface area contributed by atoms with Crippen LogP contribution in [0.25, 0.3) is 0 Å². The third-order valence-electron chi connectivity index (χ3n) is 3.98. The number of nitrogens with zero attached hydrogens (tertiary/aromatic N) is 2. The van der Waals surface area contributed by atoms with Crippen molar-refractivity contribution >= 4 is 15.9 Å². The highest BCUT2D eigenvalue weighted by Crippen LogP contribution is 2.19. The average molecular weight is 340 g/mol. The Kier molecular flexibility index (Phi) is 6.01. The van der Waals surface area contributed by atoms with Crippen molar-refractivity contribution in [2.24, 2.45) is 0 Å². The molecule has 0 bridgehead atoms. The van der Waals surface area contributed by atoms with Crippen LogP contribution in [0.15, 0.2) is 24.3 Å². The van der Waals surface area contributed by atoms with Crippen molar-refractivity contribution in [1.82, 2.24) is 9.21 Å². The predicted octanol–water partition coefficient (Wildman–Crippen LogP) is 1.12. The number of piperazine rings is 1. The van der Waals surface area contributed by atoms with Gasteiger partial charge in [-0.2, -0.15) is 4.31 Å². The molecule has 0 aliphatic carbocycles. The Labute approximate surface area is 138 Å². The molecular weight excluding hydrogens is 316 g/mol. The molecule has 0 unspecified atom stereocenters. The highest BCUT2D eigenvalue weighted by Gasteiger charge is 2.28. The fraction of sp³-hybridized carbons (Fsp3) is 0.562. The zero-order valence-electron chi connectivity index (χ0n) is 13.7. The van der Waals surface area contributed by atoms with Gasteiger partial charge in [-0.15, -0.1) is 0 Å². The summed E-state index contributed by atoms with van der Waals surface area (Å²) in [4.78, 5) is 14.1. The topological polar surface area (TPSA) is 66.9 Å². The van der Waals surface area contributed by atoms with Gasteiger partial charge in [0.2, 0.25) is 15.9 Å². The number of hydrogen-bond acceptors (Lipinski definition) is 4. The van der Waals surface area contributed by atoms with Gasteiger partial charge in [0.15, 0.2) is 0 Å². The minimum atomic E-state index is -3.18. The SMILES string of the molecule is CCCS(=O)(=O)N1CCN(C(=O)Cc2ccccc2OC)CC1. The van der Waals surface area contributed by atoms with Crippen LogP contribution in [-0.4, -0.2) is 62.6 Å². The van der Waals surface area contributed by atoms with E-state index in [-0.39, 0.29) is 18.1 Å². The first-order valence-electron chi connectivity index (χ1n) is 7.85. The third-order valence-corrected chi connectivity index (χ3v) is 6.06. The molecule has 6 nitrogen and oxygen atoms in total. The van der Waals surface area contributed by atoms with Gasteiger partial charge < -0.3 is 9.64 Å². The number of para-hydroxylation sites is 1. The van der Waals surface area contributed by atoms with Crippen molar-refractivity contribution in [3.8, 4) is 5.75 Å². The Bertz CT molecular complexity index is 637. The first-order valence-corrected chi connectivity index (χ1v) is 9.46. The molecule has 0 atom stereocenters.